The Morgan fingerprint density at radius 3 is 2.62 bits per heavy atom. The van der Waals surface area contributed by atoms with Crippen LogP contribution >= 0.6 is 0 Å². The lowest BCUT2D eigenvalue weighted by Crippen LogP contribution is -2.47. The smallest absolute Gasteiger partial charge is 0.409 e. The van der Waals surface area contributed by atoms with E-state index in [1.54, 1.807) is 11.8 Å². The molecule has 0 aliphatic carbocycles. The number of nitrogens with zero attached hydrogens (tertiary/aromatic N) is 1. The van der Waals surface area contributed by atoms with Crippen molar-refractivity contribution >= 4 is 17.7 Å². The lowest BCUT2D eigenvalue weighted by Gasteiger charge is -2.31. The van der Waals surface area contributed by atoms with Crippen LogP contribution in [0.15, 0.2) is 18.2 Å². The Balaban J connectivity index is 1.74. The average molecular weight is 333 g/mol. The van der Waals surface area contributed by atoms with Crippen LogP contribution in [0.1, 0.15) is 30.9 Å². The number of hydrogen-bond acceptors (Lipinski definition) is 4. The number of benzene rings is 1. The van der Waals surface area contributed by atoms with Crippen LogP contribution in [0.25, 0.3) is 0 Å². The molecule has 2 N–H and O–H groups in total. The van der Waals surface area contributed by atoms with Crippen molar-refractivity contribution in [3.8, 4) is 0 Å². The monoisotopic (exact) mass is 333 g/mol. The number of amides is 2. The summed E-state index contributed by atoms with van der Waals surface area (Å²) in [5, 5.41) is 6.22. The highest BCUT2D eigenvalue weighted by Gasteiger charge is 2.24. The van der Waals surface area contributed by atoms with E-state index < -0.39 is 0 Å². The van der Waals surface area contributed by atoms with E-state index in [4.69, 9.17) is 4.74 Å². The summed E-state index contributed by atoms with van der Waals surface area (Å²) in [5.74, 6) is -0.0227. The summed E-state index contributed by atoms with van der Waals surface area (Å²) in [5.41, 5.74) is 3.35. The minimum atomic E-state index is -0.265. The summed E-state index contributed by atoms with van der Waals surface area (Å²) in [7, 11) is 0. The fourth-order valence-corrected chi connectivity index (χ4v) is 2.82. The van der Waals surface area contributed by atoms with Crippen LogP contribution in [0.5, 0.6) is 0 Å². The molecule has 1 aliphatic heterocycles. The maximum absolute atomic E-state index is 12.1. The Bertz CT molecular complexity index is 581. The summed E-state index contributed by atoms with van der Waals surface area (Å²) >= 11 is 0. The van der Waals surface area contributed by atoms with Crippen molar-refractivity contribution in [3.05, 3.63) is 29.3 Å². The van der Waals surface area contributed by atoms with Gasteiger partial charge in [-0.25, -0.2) is 4.79 Å². The lowest BCUT2D eigenvalue weighted by atomic mass is 10.1. The summed E-state index contributed by atoms with van der Waals surface area (Å²) in [4.78, 5) is 25.5. The molecule has 1 aliphatic rings. The van der Waals surface area contributed by atoms with Gasteiger partial charge in [0.25, 0.3) is 0 Å². The predicted molar refractivity (Wildman–Crippen MR) is 94.2 cm³/mol. The molecule has 1 aromatic carbocycles. The molecule has 1 saturated heterocycles. The number of hydrogen-bond donors (Lipinski definition) is 2. The van der Waals surface area contributed by atoms with Crippen molar-refractivity contribution in [3.63, 3.8) is 0 Å². The van der Waals surface area contributed by atoms with Crippen molar-refractivity contribution in [1.29, 1.82) is 0 Å². The van der Waals surface area contributed by atoms with Crippen LogP contribution in [-0.4, -0.2) is 49.2 Å². The van der Waals surface area contributed by atoms with Gasteiger partial charge < -0.3 is 20.3 Å². The number of piperidine rings is 1. The molecule has 1 fully saturated rings. The molecule has 2 amide bonds. The van der Waals surface area contributed by atoms with Gasteiger partial charge in [0, 0.05) is 24.8 Å². The predicted octanol–water partition coefficient (Wildman–Crippen LogP) is 2.45. The van der Waals surface area contributed by atoms with E-state index in [9.17, 15) is 9.59 Å². The van der Waals surface area contributed by atoms with Gasteiger partial charge in [-0.2, -0.15) is 0 Å². The summed E-state index contributed by atoms with van der Waals surface area (Å²) in [6.45, 7) is 7.77. The summed E-state index contributed by atoms with van der Waals surface area (Å²) in [6.07, 6.45) is 1.25. The third-order valence-corrected chi connectivity index (χ3v) is 4.43. The van der Waals surface area contributed by atoms with Gasteiger partial charge in [0.2, 0.25) is 5.91 Å². The number of carbonyl (C=O) groups excluding carboxylic acids is 2. The Labute approximate surface area is 143 Å². The van der Waals surface area contributed by atoms with Crippen LogP contribution < -0.4 is 10.6 Å². The van der Waals surface area contributed by atoms with Crippen molar-refractivity contribution in [2.75, 3.05) is 31.6 Å². The number of rotatable bonds is 5. The number of likely N-dealkylation sites (tertiary alicyclic amines) is 1. The van der Waals surface area contributed by atoms with Gasteiger partial charge in [-0.3, -0.25) is 4.79 Å². The molecule has 0 radical (unpaired) electrons. The molecule has 0 saturated carbocycles. The van der Waals surface area contributed by atoms with E-state index in [2.05, 4.69) is 23.6 Å². The van der Waals surface area contributed by atoms with E-state index in [-0.39, 0.29) is 24.6 Å². The van der Waals surface area contributed by atoms with Crippen molar-refractivity contribution < 1.29 is 14.3 Å². The molecule has 0 bridgehead atoms. The van der Waals surface area contributed by atoms with Crippen LogP contribution in [0, 0.1) is 13.8 Å². The molecule has 0 unspecified atom stereocenters. The van der Waals surface area contributed by atoms with Gasteiger partial charge in [-0.05, 0) is 50.8 Å². The molecule has 0 aromatic heterocycles. The molecule has 2 rings (SSSR count). The molecule has 1 heterocycles. The van der Waals surface area contributed by atoms with E-state index in [0.717, 1.165) is 24.1 Å². The van der Waals surface area contributed by atoms with Gasteiger partial charge >= 0.3 is 6.09 Å². The zero-order valence-corrected chi connectivity index (χ0v) is 14.7. The summed E-state index contributed by atoms with van der Waals surface area (Å²) in [6, 6.07) is 6.13. The third-order valence-electron chi connectivity index (χ3n) is 4.43. The number of anilines is 1. The standard InChI is InChI=1S/C18H27N3O3/c1-4-24-18(23)21-10-8-15(9-11-21)20-17(22)12-19-16-7-5-6-13(2)14(16)3/h5-7,15,19H,4,8-12H2,1-3H3,(H,20,22). The van der Waals surface area contributed by atoms with Crippen molar-refractivity contribution in [2.45, 2.75) is 39.7 Å². The van der Waals surface area contributed by atoms with Gasteiger partial charge in [0.15, 0.2) is 0 Å². The first kappa shape index (κ1) is 18.1. The first-order valence-electron chi connectivity index (χ1n) is 8.52. The lowest BCUT2D eigenvalue weighted by molar-refractivity contribution is -0.120. The molecule has 0 atom stereocenters. The van der Waals surface area contributed by atoms with Gasteiger partial charge in [-0.15, -0.1) is 0 Å². The van der Waals surface area contributed by atoms with E-state index >= 15 is 0 Å². The van der Waals surface area contributed by atoms with Crippen molar-refractivity contribution in [1.82, 2.24) is 10.2 Å². The Morgan fingerprint density at radius 1 is 1.25 bits per heavy atom. The number of carbonyl (C=O) groups is 2. The zero-order valence-electron chi connectivity index (χ0n) is 14.7. The van der Waals surface area contributed by atoms with Crippen LogP contribution in [-0.2, 0) is 9.53 Å². The molecule has 1 aromatic rings. The van der Waals surface area contributed by atoms with Crippen LogP contribution in [0.3, 0.4) is 0 Å². The van der Waals surface area contributed by atoms with Crippen molar-refractivity contribution in [2.24, 2.45) is 0 Å². The number of ether oxygens (including phenoxy) is 1. The van der Waals surface area contributed by atoms with E-state index in [1.165, 1.54) is 5.56 Å². The SMILES string of the molecule is CCOC(=O)N1CCC(NC(=O)CNc2cccc(C)c2C)CC1. The Hall–Kier alpha value is -2.24. The molecule has 24 heavy (non-hydrogen) atoms. The second-order valence-electron chi connectivity index (χ2n) is 6.13. The highest BCUT2D eigenvalue weighted by atomic mass is 16.6. The third kappa shape index (κ3) is 4.88. The largest absolute Gasteiger partial charge is 0.450 e. The minimum absolute atomic E-state index is 0.0227. The number of nitrogens with one attached hydrogen (secondary N) is 2. The van der Waals surface area contributed by atoms with Gasteiger partial charge in [0.05, 0.1) is 13.2 Å². The molecule has 0 spiro atoms. The summed E-state index contributed by atoms with van der Waals surface area (Å²) < 4.78 is 5.00. The topological polar surface area (TPSA) is 70.7 Å². The maximum Gasteiger partial charge on any atom is 0.409 e. The fraction of sp³-hybridized carbons (Fsp3) is 0.556. The van der Waals surface area contributed by atoms with E-state index in [0.29, 0.717) is 19.7 Å². The Morgan fingerprint density at radius 2 is 1.96 bits per heavy atom. The first-order chi connectivity index (χ1) is 11.5. The van der Waals surface area contributed by atoms with Crippen LogP contribution in [0.4, 0.5) is 10.5 Å². The minimum Gasteiger partial charge on any atom is -0.450 e. The molecule has 6 heteroatoms. The average Bonchev–Trinajstić information content (AvgIpc) is 2.57. The fourth-order valence-electron chi connectivity index (χ4n) is 2.82. The quantitative estimate of drug-likeness (QED) is 0.868. The van der Waals surface area contributed by atoms with Gasteiger partial charge in [-0.1, -0.05) is 12.1 Å². The first-order valence-corrected chi connectivity index (χ1v) is 8.52. The molecular formula is C18H27N3O3. The van der Waals surface area contributed by atoms with E-state index in [1.807, 2.05) is 19.1 Å². The molecule has 6 nitrogen and oxygen atoms in total. The second-order valence-corrected chi connectivity index (χ2v) is 6.13. The maximum atomic E-state index is 12.1. The second kappa shape index (κ2) is 8.57. The highest BCUT2D eigenvalue weighted by molar-refractivity contribution is 5.81. The van der Waals surface area contributed by atoms with Gasteiger partial charge in [0.1, 0.15) is 0 Å². The Kier molecular flexibility index (Phi) is 6.46. The molecular weight excluding hydrogens is 306 g/mol. The number of aryl methyl sites for hydroxylation is 1. The molecule has 132 valence electrons. The highest BCUT2D eigenvalue weighted by Crippen LogP contribution is 2.17. The normalized spacial score (nSPS) is 15.0. The zero-order chi connectivity index (χ0) is 17.5. The van der Waals surface area contributed by atoms with Crippen LogP contribution in [0.2, 0.25) is 0 Å².